The first kappa shape index (κ1) is 27.1. The molecule has 0 fully saturated rings. The lowest BCUT2D eigenvalue weighted by atomic mass is 10.2. The van der Waals surface area contributed by atoms with E-state index in [0.29, 0.717) is 35.2 Å². The van der Waals surface area contributed by atoms with E-state index < -0.39 is 10.7 Å². The molecule has 0 saturated heterocycles. The Morgan fingerprint density at radius 2 is 1.81 bits per heavy atom. The fourth-order valence-corrected chi connectivity index (χ4v) is 4.59. The molecular weight excluding hydrogens is 478 g/mol. The number of carbonyl (C=O) groups is 2. The Morgan fingerprint density at radius 1 is 1.08 bits per heavy atom. The first-order valence-corrected chi connectivity index (χ1v) is 12.6. The molecule has 192 valence electrons. The van der Waals surface area contributed by atoms with Crippen molar-refractivity contribution in [1.29, 1.82) is 0 Å². The van der Waals surface area contributed by atoms with Crippen LogP contribution < -0.4 is 14.8 Å². The summed E-state index contributed by atoms with van der Waals surface area (Å²) in [7, 11) is 3.11. The highest BCUT2D eigenvalue weighted by Gasteiger charge is 2.28. The highest BCUT2D eigenvalue weighted by molar-refractivity contribution is 8.01. The van der Waals surface area contributed by atoms with E-state index in [2.05, 4.69) is 17.2 Å². The highest BCUT2D eigenvalue weighted by atomic mass is 32.2. The van der Waals surface area contributed by atoms with Gasteiger partial charge < -0.3 is 24.5 Å². The standard InChI is InChI=1S/C27H33N3O5S/c1-6-7-8-15-30-22(25(31)29-21-16-19(34-4)11-14-23(21)35-5)17-28-24(30)18-9-12-20(13-10-18)36-27(2,3)26(32)33/h9-14,16-17H,6-8,15H2,1-5H3,(H,29,31)(H,32,33). The van der Waals surface area contributed by atoms with Crippen molar-refractivity contribution in [2.24, 2.45) is 0 Å². The monoisotopic (exact) mass is 511 g/mol. The second-order valence-electron chi connectivity index (χ2n) is 8.79. The highest BCUT2D eigenvalue weighted by Crippen LogP contribution is 2.34. The molecule has 0 spiro atoms. The molecule has 1 heterocycles. The van der Waals surface area contributed by atoms with E-state index in [4.69, 9.17) is 9.47 Å². The molecule has 0 aliphatic carbocycles. The number of rotatable bonds is 12. The first-order valence-electron chi connectivity index (χ1n) is 11.8. The minimum absolute atomic E-state index is 0.299. The van der Waals surface area contributed by atoms with Gasteiger partial charge in [0, 0.05) is 23.1 Å². The molecule has 0 bridgehead atoms. The van der Waals surface area contributed by atoms with Crippen LogP contribution in [-0.4, -0.2) is 45.5 Å². The molecule has 0 aliphatic rings. The fourth-order valence-electron chi connectivity index (χ4n) is 3.64. The second-order valence-corrected chi connectivity index (χ2v) is 10.5. The van der Waals surface area contributed by atoms with E-state index in [1.807, 2.05) is 28.8 Å². The first-order chi connectivity index (χ1) is 17.2. The van der Waals surface area contributed by atoms with Gasteiger partial charge in [-0.2, -0.15) is 0 Å². The number of imidazole rings is 1. The molecule has 3 aromatic rings. The van der Waals surface area contributed by atoms with E-state index in [-0.39, 0.29) is 5.91 Å². The molecule has 0 radical (unpaired) electrons. The number of carbonyl (C=O) groups excluding carboxylic acids is 1. The lowest BCUT2D eigenvalue weighted by molar-refractivity contribution is -0.138. The number of thioether (sulfide) groups is 1. The van der Waals surface area contributed by atoms with Crippen molar-refractivity contribution in [3.63, 3.8) is 0 Å². The predicted octanol–water partition coefficient (Wildman–Crippen LogP) is 5.97. The number of carboxylic acid groups (broad SMARTS) is 1. The van der Waals surface area contributed by atoms with Gasteiger partial charge in [0.15, 0.2) is 0 Å². The lowest BCUT2D eigenvalue weighted by Crippen LogP contribution is -2.26. The van der Waals surface area contributed by atoms with Crippen LogP contribution in [0.25, 0.3) is 11.4 Å². The van der Waals surface area contributed by atoms with Gasteiger partial charge in [-0.1, -0.05) is 31.9 Å². The quantitative estimate of drug-likeness (QED) is 0.228. The number of benzene rings is 2. The van der Waals surface area contributed by atoms with E-state index >= 15 is 0 Å². The molecule has 36 heavy (non-hydrogen) atoms. The average Bonchev–Trinajstić information content (AvgIpc) is 3.28. The number of hydrogen-bond donors (Lipinski definition) is 2. The van der Waals surface area contributed by atoms with Crippen molar-refractivity contribution in [1.82, 2.24) is 9.55 Å². The Labute approximate surface area is 216 Å². The molecule has 2 N–H and O–H groups in total. The van der Waals surface area contributed by atoms with E-state index in [1.54, 1.807) is 52.5 Å². The van der Waals surface area contributed by atoms with Gasteiger partial charge in [-0.15, -0.1) is 11.8 Å². The average molecular weight is 512 g/mol. The summed E-state index contributed by atoms with van der Waals surface area (Å²) in [5, 5.41) is 12.3. The summed E-state index contributed by atoms with van der Waals surface area (Å²) >= 11 is 1.28. The Bertz CT molecular complexity index is 1200. The van der Waals surface area contributed by atoms with Crippen LogP contribution in [-0.2, 0) is 11.3 Å². The van der Waals surface area contributed by atoms with Gasteiger partial charge in [0.1, 0.15) is 27.8 Å². The minimum atomic E-state index is -0.938. The van der Waals surface area contributed by atoms with Crippen LogP contribution in [0, 0.1) is 0 Å². The number of aliphatic carboxylic acids is 1. The van der Waals surface area contributed by atoms with Gasteiger partial charge in [-0.3, -0.25) is 9.59 Å². The van der Waals surface area contributed by atoms with E-state index in [0.717, 1.165) is 29.7 Å². The fraction of sp³-hybridized carbons (Fsp3) is 0.370. The number of unbranched alkanes of at least 4 members (excludes halogenated alkanes) is 2. The second kappa shape index (κ2) is 12.0. The van der Waals surface area contributed by atoms with Crippen LogP contribution in [0.4, 0.5) is 5.69 Å². The van der Waals surface area contributed by atoms with Crippen LogP contribution in [0.3, 0.4) is 0 Å². The van der Waals surface area contributed by atoms with Gasteiger partial charge in [0.2, 0.25) is 0 Å². The van der Waals surface area contributed by atoms with Crippen molar-refractivity contribution < 1.29 is 24.2 Å². The molecule has 9 heteroatoms. The molecular formula is C27H33N3O5S. The molecule has 2 aromatic carbocycles. The number of ether oxygens (including phenoxy) is 2. The Balaban J connectivity index is 1.91. The molecule has 3 rings (SSSR count). The maximum atomic E-state index is 13.3. The van der Waals surface area contributed by atoms with Crippen molar-refractivity contribution in [2.45, 2.75) is 56.2 Å². The van der Waals surface area contributed by atoms with E-state index in [9.17, 15) is 14.7 Å². The SMILES string of the molecule is CCCCCn1c(C(=O)Nc2cc(OC)ccc2OC)cnc1-c1ccc(SC(C)(C)C(=O)O)cc1. The molecule has 1 amide bonds. The van der Waals surface area contributed by atoms with Crippen LogP contribution in [0.1, 0.15) is 50.5 Å². The van der Waals surface area contributed by atoms with Gasteiger partial charge in [-0.25, -0.2) is 4.98 Å². The number of carboxylic acids is 1. The van der Waals surface area contributed by atoms with E-state index in [1.165, 1.54) is 11.8 Å². The number of hydrogen-bond acceptors (Lipinski definition) is 6. The zero-order chi connectivity index (χ0) is 26.3. The van der Waals surface area contributed by atoms with Crippen LogP contribution >= 0.6 is 11.8 Å². The molecule has 8 nitrogen and oxygen atoms in total. The third kappa shape index (κ3) is 6.40. The van der Waals surface area contributed by atoms with Crippen LogP contribution in [0.2, 0.25) is 0 Å². The minimum Gasteiger partial charge on any atom is -0.497 e. The van der Waals surface area contributed by atoms with Crippen LogP contribution in [0.15, 0.2) is 53.6 Å². The van der Waals surface area contributed by atoms with Crippen molar-refractivity contribution >= 4 is 29.3 Å². The van der Waals surface area contributed by atoms with Gasteiger partial charge in [0.05, 0.1) is 26.1 Å². The summed E-state index contributed by atoms with van der Waals surface area (Å²) in [5.41, 5.74) is 1.80. The summed E-state index contributed by atoms with van der Waals surface area (Å²) in [6, 6.07) is 12.8. The smallest absolute Gasteiger partial charge is 0.319 e. The topological polar surface area (TPSA) is 103 Å². The summed E-state index contributed by atoms with van der Waals surface area (Å²) in [5.74, 6) is 0.646. The van der Waals surface area contributed by atoms with Crippen LogP contribution in [0.5, 0.6) is 11.5 Å². The molecule has 0 saturated carbocycles. The van der Waals surface area contributed by atoms with Gasteiger partial charge >= 0.3 is 5.97 Å². The molecule has 0 aliphatic heterocycles. The normalized spacial score (nSPS) is 11.2. The largest absolute Gasteiger partial charge is 0.497 e. The van der Waals surface area contributed by atoms with Gasteiger partial charge in [0.25, 0.3) is 5.91 Å². The summed E-state index contributed by atoms with van der Waals surface area (Å²) in [6.45, 7) is 6.13. The Morgan fingerprint density at radius 3 is 2.42 bits per heavy atom. The number of methoxy groups -OCH3 is 2. The molecule has 0 atom stereocenters. The molecule has 0 unspecified atom stereocenters. The van der Waals surface area contributed by atoms with Gasteiger partial charge in [-0.05, 0) is 44.5 Å². The van der Waals surface area contributed by atoms with Crippen molar-refractivity contribution in [3.8, 4) is 22.9 Å². The Kier molecular flexibility index (Phi) is 9.03. The Hall–Kier alpha value is -3.46. The lowest BCUT2D eigenvalue weighted by Gasteiger charge is -2.18. The number of nitrogens with zero attached hydrogens (tertiary/aromatic N) is 2. The number of anilines is 1. The summed E-state index contributed by atoms with van der Waals surface area (Å²) in [4.78, 5) is 30.2. The zero-order valence-corrected chi connectivity index (χ0v) is 22.1. The predicted molar refractivity (Wildman–Crippen MR) is 142 cm³/mol. The maximum Gasteiger partial charge on any atom is 0.319 e. The molecule has 1 aromatic heterocycles. The zero-order valence-electron chi connectivity index (χ0n) is 21.3. The van der Waals surface area contributed by atoms with Crippen molar-refractivity contribution in [2.75, 3.05) is 19.5 Å². The number of aromatic nitrogens is 2. The third-order valence-corrected chi connectivity index (χ3v) is 6.92. The van der Waals surface area contributed by atoms with Crippen molar-refractivity contribution in [3.05, 3.63) is 54.4 Å². The summed E-state index contributed by atoms with van der Waals surface area (Å²) in [6.07, 6.45) is 4.57. The maximum absolute atomic E-state index is 13.3. The number of amides is 1. The summed E-state index contributed by atoms with van der Waals surface area (Å²) < 4.78 is 11.7. The third-order valence-electron chi connectivity index (χ3n) is 5.73. The number of nitrogens with one attached hydrogen (secondary N) is 1.